The summed E-state index contributed by atoms with van der Waals surface area (Å²) in [6.45, 7) is 2.13. The molecule has 0 N–H and O–H groups in total. The third kappa shape index (κ3) is 3.62. The van der Waals surface area contributed by atoms with Crippen molar-refractivity contribution in [2.24, 2.45) is 0 Å². The topological polar surface area (TPSA) is 51.8 Å². The quantitative estimate of drug-likeness (QED) is 0.267. The van der Waals surface area contributed by atoms with Crippen molar-refractivity contribution >= 4 is 33.5 Å². The second kappa shape index (κ2) is 8.40. The van der Waals surface area contributed by atoms with Crippen LogP contribution in [0.1, 0.15) is 12.5 Å². The molecule has 2 heterocycles. The molecule has 4 nitrogen and oxygen atoms in total. The van der Waals surface area contributed by atoms with Crippen LogP contribution in [-0.2, 0) is 6.42 Å². The van der Waals surface area contributed by atoms with Gasteiger partial charge in [-0.05, 0) is 59.0 Å². The standard InChI is InChI=1S/C29H20ClN3O/c1-2-18-11-13-20(14-12-18)27-31-28(33-29(30)32-27)21-15-16-24-23(17-21)26-22(9-6-10-25(26)34-24)19-7-4-3-5-8-19/h3-17H,2H2,1H3. The smallest absolute Gasteiger partial charge is 0.226 e. The molecule has 0 atom stereocenters. The summed E-state index contributed by atoms with van der Waals surface area (Å²) in [6.07, 6.45) is 0.979. The molecule has 0 aliphatic rings. The molecule has 0 unspecified atom stereocenters. The largest absolute Gasteiger partial charge is 0.456 e. The molecular formula is C29H20ClN3O. The first-order valence-electron chi connectivity index (χ1n) is 11.2. The predicted octanol–water partition coefficient (Wildman–Crippen LogP) is 7.99. The number of nitrogens with zero attached hydrogens (tertiary/aromatic N) is 3. The maximum atomic E-state index is 6.33. The van der Waals surface area contributed by atoms with Crippen molar-refractivity contribution in [1.82, 2.24) is 15.0 Å². The lowest BCUT2D eigenvalue weighted by Crippen LogP contribution is -1.97. The highest BCUT2D eigenvalue weighted by Crippen LogP contribution is 2.38. The van der Waals surface area contributed by atoms with Gasteiger partial charge in [-0.2, -0.15) is 9.97 Å². The molecule has 0 saturated carbocycles. The van der Waals surface area contributed by atoms with Gasteiger partial charge >= 0.3 is 0 Å². The van der Waals surface area contributed by atoms with E-state index >= 15 is 0 Å². The van der Waals surface area contributed by atoms with Gasteiger partial charge in [0.1, 0.15) is 11.2 Å². The number of aromatic nitrogens is 3. The Hall–Kier alpha value is -4.02. The molecule has 4 aromatic carbocycles. The molecule has 34 heavy (non-hydrogen) atoms. The SMILES string of the molecule is CCc1ccc(-c2nc(Cl)nc(-c3ccc4oc5cccc(-c6ccccc6)c5c4c3)n2)cc1. The minimum Gasteiger partial charge on any atom is -0.456 e. The fraction of sp³-hybridized carbons (Fsp3) is 0.0690. The molecule has 6 aromatic rings. The molecular weight excluding hydrogens is 442 g/mol. The highest BCUT2D eigenvalue weighted by Gasteiger charge is 2.15. The molecule has 0 aliphatic carbocycles. The van der Waals surface area contributed by atoms with Crippen LogP contribution in [0.5, 0.6) is 0 Å². The monoisotopic (exact) mass is 461 g/mol. The van der Waals surface area contributed by atoms with Crippen LogP contribution in [0, 0.1) is 0 Å². The van der Waals surface area contributed by atoms with E-state index in [1.165, 1.54) is 5.56 Å². The summed E-state index contributed by atoms with van der Waals surface area (Å²) in [6, 6.07) is 30.7. The fourth-order valence-corrected chi connectivity index (χ4v) is 4.48. The van der Waals surface area contributed by atoms with Crippen LogP contribution in [0.15, 0.2) is 95.4 Å². The summed E-state index contributed by atoms with van der Waals surface area (Å²) in [4.78, 5) is 13.5. The minimum atomic E-state index is 0.168. The normalized spacial score (nSPS) is 11.4. The molecule has 0 spiro atoms. The van der Waals surface area contributed by atoms with E-state index in [9.17, 15) is 0 Å². The van der Waals surface area contributed by atoms with Gasteiger partial charge in [0.2, 0.25) is 5.28 Å². The lowest BCUT2D eigenvalue weighted by Gasteiger charge is -2.06. The zero-order chi connectivity index (χ0) is 23.1. The number of rotatable bonds is 4. The van der Waals surface area contributed by atoms with E-state index in [-0.39, 0.29) is 5.28 Å². The van der Waals surface area contributed by atoms with Crippen molar-refractivity contribution < 1.29 is 4.42 Å². The lowest BCUT2D eigenvalue weighted by atomic mass is 9.99. The van der Waals surface area contributed by atoms with Gasteiger partial charge in [0, 0.05) is 21.9 Å². The highest BCUT2D eigenvalue weighted by molar-refractivity contribution is 6.28. The van der Waals surface area contributed by atoms with Crippen molar-refractivity contribution in [1.29, 1.82) is 0 Å². The van der Waals surface area contributed by atoms with Crippen LogP contribution in [-0.4, -0.2) is 15.0 Å². The third-order valence-corrected chi connectivity index (χ3v) is 6.24. The Morgan fingerprint density at radius 1 is 0.676 bits per heavy atom. The van der Waals surface area contributed by atoms with Gasteiger partial charge in [0.15, 0.2) is 11.6 Å². The predicted molar refractivity (Wildman–Crippen MR) is 138 cm³/mol. The molecule has 5 heteroatoms. The number of benzene rings is 4. The van der Waals surface area contributed by atoms with Crippen LogP contribution in [0.3, 0.4) is 0 Å². The summed E-state index contributed by atoms with van der Waals surface area (Å²) in [7, 11) is 0. The van der Waals surface area contributed by atoms with E-state index in [0.717, 1.165) is 50.6 Å². The Morgan fingerprint density at radius 3 is 2.18 bits per heavy atom. The maximum absolute atomic E-state index is 6.33. The van der Waals surface area contributed by atoms with Crippen molar-refractivity contribution in [2.45, 2.75) is 13.3 Å². The van der Waals surface area contributed by atoms with Crippen LogP contribution >= 0.6 is 11.6 Å². The molecule has 6 rings (SSSR count). The van der Waals surface area contributed by atoms with Gasteiger partial charge in [0.05, 0.1) is 0 Å². The Balaban J connectivity index is 1.52. The van der Waals surface area contributed by atoms with Gasteiger partial charge in [-0.15, -0.1) is 0 Å². The first-order valence-corrected chi connectivity index (χ1v) is 11.6. The highest BCUT2D eigenvalue weighted by atomic mass is 35.5. The van der Waals surface area contributed by atoms with E-state index in [1.54, 1.807) is 0 Å². The van der Waals surface area contributed by atoms with E-state index in [4.69, 9.17) is 21.0 Å². The average Bonchev–Trinajstić information content (AvgIpc) is 3.27. The third-order valence-electron chi connectivity index (χ3n) is 6.07. The molecule has 2 aromatic heterocycles. The molecule has 0 amide bonds. The molecule has 0 saturated heterocycles. The summed E-state index contributed by atoms with van der Waals surface area (Å²) in [5.74, 6) is 1.09. The van der Waals surface area contributed by atoms with Gasteiger partial charge in [0.25, 0.3) is 0 Å². The van der Waals surface area contributed by atoms with Crippen LogP contribution in [0.2, 0.25) is 5.28 Å². The van der Waals surface area contributed by atoms with E-state index in [2.05, 4.69) is 53.3 Å². The van der Waals surface area contributed by atoms with Gasteiger partial charge in [-0.25, -0.2) is 4.98 Å². The number of halogens is 1. The van der Waals surface area contributed by atoms with E-state index in [0.29, 0.717) is 11.6 Å². The fourth-order valence-electron chi connectivity index (χ4n) is 4.32. The number of aryl methyl sites for hydroxylation is 1. The Morgan fingerprint density at radius 2 is 1.41 bits per heavy atom. The first-order chi connectivity index (χ1) is 16.7. The first kappa shape index (κ1) is 20.6. The number of hydrogen-bond acceptors (Lipinski definition) is 4. The van der Waals surface area contributed by atoms with Crippen LogP contribution in [0.25, 0.3) is 55.8 Å². The molecule has 0 radical (unpaired) electrons. The summed E-state index contributed by atoms with van der Waals surface area (Å²) < 4.78 is 6.16. The number of hydrogen-bond donors (Lipinski definition) is 0. The van der Waals surface area contributed by atoms with Crippen LogP contribution in [0.4, 0.5) is 0 Å². The Kier molecular flexibility index (Phi) is 5.08. The summed E-state index contributed by atoms with van der Waals surface area (Å²) >= 11 is 6.33. The maximum Gasteiger partial charge on any atom is 0.226 e. The molecule has 0 fully saturated rings. The second-order valence-corrected chi connectivity index (χ2v) is 8.50. The number of furan rings is 1. The van der Waals surface area contributed by atoms with Gasteiger partial charge in [-0.3, -0.25) is 0 Å². The summed E-state index contributed by atoms with van der Waals surface area (Å²) in [5, 5.41) is 2.25. The zero-order valence-corrected chi connectivity index (χ0v) is 19.3. The lowest BCUT2D eigenvalue weighted by molar-refractivity contribution is 0.669. The Labute approximate surface area is 201 Å². The van der Waals surface area contributed by atoms with Crippen molar-refractivity contribution in [2.75, 3.05) is 0 Å². The van der Waals surface area contributed by atoms with Crippen molar-refractivity contribution in [3.05, 3.63) is 102 Å². The zero-order valence-electron chi connectivity index (χ0n) is 18.5. The molecule has 164 valence electrons. The number of fused-ring (bicyclic) bond motifs is 3. The van der Waals surface area contributed by atoms with E-state index < -0.39 is 0 Å². The average molecular weight is 462 g/mol. The molecule has 0 bridgehead atoms. The van der Waals surface area contributed by atoms with Gasteiger partial charge in [-0.1, -0.05) is 73.7 Å². The molecule has 0 aliphatic heterocycles. The second-order valence-electron chi connectivity index (χ2n) is 8.16. The van der Waals surface area contributed by atoms with Gasteiger partial charge < -0.3 is 4.42 Å². The van der Waals surface area contributed by atoms with Crippen molar-refractivity contribution in [3.63, 3.8) is 0 Å². The van der Waals surface area contributed by atoms with Crippen molar-refractivity contribution in [3.8, 4) is 33.9 Å². The minimum absolute atomic E-state index is 0.168. The summed E-state index contributed by atoms with van der Waals surface area (Å²) in [5.41, 5.74) is 6.95. The van der Waals surface area contributed by atoms with Crippen LogP contribution < -0.4 is 0 Å². The van der Waals surface area contributed by atoms with E-state index in [1.807, 2.05) is 54.6 Å². The Bertz CT molecular complexity index is 1640.